The van der Waals surface area contributed by atoms with Gasteiger partial charge in [-0.25, -0.2) is 9.59 Å². The maximum atomic E-state index is 13.9. The Labute approximate surface area is 307 Å². The number of ketones is 1. The van der Waals surface area contributed by atoms with Gasteiger partial charge in [-0.3, -0.25) is 24.0 Å². The highest BCUT2D eigenvalue weighted by Gasteiger charge is 2.92. The number of carbonyl (C=O) groups is 7. The van der Waals surface area contributed by atoms with Crippen molar-refractivity contribution in [2.75, 3.05) is 13.7 Å². The third-order valence-electron chi connectivity index (χ3n) is 14.2. The lowest BCUT2D eigenvalue weighted by Crippen LogP contribution is -2.84. The molecule has 0 aromatic heterocycles. The fraction of sp³-hybridized carbons (Fsp3) is 0.763. The summed E-state index contributed by atoms with van der Waals surface area (Å²) in [5.74, 6) is -8.20. The Bertz CT molecular complexity index is 1690. The number of fused-ring (bicyclic) bond motifs is 9. The van der Waals surface area contributed by atoms with Gasteiger partial charge in [0, 0.05) is 51.5 Å². The molecule has 1 saturated heterocycles. The number of epoxide rings is 1. The second-order valence-electron chi connectivity index (χ2n) is 16.8. The van der Waals surface area contributed by atoms with E-state index in [4.69, 9.17) is 33.2 Å². The van der Waals surface area contributed by atoms with Crippen LogP contribution < -0.4 is 0 Å². The average molecular weight is 747 g/mol. The van der Waals surface area contributed by atoms with Gasteiger partial charge in [-0.05, 0) is 42.9 Å². The molecule has 0 radical (unpaired) electrons. The molecule has 15 nitrogen and oxygen atoms in total. The summed E-state index contributed by atoms with van der Waals surface area (Å²) in [6.07, 6.45) is -4.02. The second-order valence-corrected chi connectivity index (χ2v) is 16.8. The monoisotopic (exact) mass is 746 g/mol. The summed E-state index contributed by atoms with van der Waals surface area (Å²) in [6, 6.07) is 0. The predicted molar refractivity (Wildman–Crippen MR) is 178 cm³/mol. The van der Waals surface area contributed by atoms with E-state index < -0.39 is 129 Å². The van der Waals surface area contributed by atoms with Gasteiger partial charge < -0.3 is 38.3 Å². The topological polar surface area (TPSA) is 208 Å². The molecule has 5 fully saturated rings. The number of methoxy groups -OCH3 is 1. The second kappa shape index (κ2) is 12.3. The minimum atomic E-state index is -2.18. The molecule has 4 saturated carbocycles. The number of rotatable bonds is 6. The number of cyclic esters (lactones) is 1. The van der Waals surface area contributed by atoms with Gasteiger partial charge in [-0.2, -0.15) is 0 Å². The van der Waals surface area contributed by atoms with Gasteiger partial charge in [0.05, 0.1) is 23.5 Å². The van der Waals surface area contributed by atoms with Crippen molar-refractivity contribution < 1.29 is 71.8 Å². The van der Waals surface area contributed by atoms with Crippen LogP contribution in [0.25, 0.3) is 0 Å². The minimum absolute atomic E-state index is 0.160. The smallest absolute Gasteiger partial charge is 0.342 e. The predicted octanol–water partition coefficient (Wildman–Crippen LogP) is 2.17. The number of Topliss-reactive ketones (excluding diaryl/α,β-unsaturated/α-hetero) is 1. The standard InChI is InChI=1S/C38H50O15/c1-17(2)36-16-48-25(44)12-11-23(36)33(7)14-13-24-34(8,27(33)26(49-18(3)39)29(36)50-19(4)40)30(51-20(5)41)31(52-21(6)42)35(9)37(24,46)15-22(43)28-38(35,53-28)32(45)47-10/h11-12,17,23-24,26-31,46H,13-16H2,1-10H3. The number of esters is 6. The van der Waals surface area contributed by atoms with Crippen LogP contribution >= 0.6 is 0 Å². The van der Waals surface area contributed by atoms with Gasteiger partial charge >= 0.3 is 35.8 Å². The summed E-state index contributed by atoms with van der Waals surface area (Å²) in [4.78, 5) is 93.2. The molecule has 53 heavy (non-hydrogen) atoms. The van der Waals surface area contributed by atoms with Crippen LogP contribution in [0.5, 0.6) is 0 Å². The molecule has 0 spiro atoms. The Kier molecular flexibility index (Phi) is 9.05. The number of hydrogen-bond donors (Lipinski definition) is 1. The van der Waals surface area contributed by atoms with Crippen molar-refractivity contribution in [3.63, 3.8) is 0 Å². The Hall–Kier alpha value is -3.85. The van der Waals surface area contributed by atoms with Crippen LogP contribution in [0.15, 0.2) is 12.2 Å². The van der Waals surface area contributed by atoms with Gasteiger partial charge in [0.1, 0.15) is 24.9 Å². The molecule has 14 unspecified atom stereocenters. The van der Waals surface area contributed by atoms with Crippen molar-refractivity contribution in [2.45, 2.75) is 123 Å². The first-order valence-corrected chi connectivity index (χ1v) is 18.1. The van der Waals surface area contributed by atoms with E-state index in [1.54, 1.807) is 13.0 Å². The highest BCUT2D eigenvalue weighted by atomic mass is 16.7. The van der Waals surface area contributed by atoms with E-state index in [2.05, 4.69) is 0 Å². The molecule has 14 atom stereocenters. The minimum Gasteiger partial charge on any atom is -0.467 e. The Morgan fingerprint density at radius 3 is 1.98 bits per heavy atom. The van der Waals surface area contributed by atoms with Gasteiger partial charge in [0.2, 0.25) is 5.60 Å². The fourth-order valence-corrected chi connectivity index (χ4v) is 12.4. The lowest BCUT2D eigenvalue weighted by atomic mass is 9.31. The van der Waals surface area contributed by atoms with E-state index >= 15 is 0 Å². The molecule has 0 bridgehead atoms. The molecule has 2 aliphatic heterocycles. The number of ether oxygens (including phenoxy) is 7. The van der Waals surface area contributed by atoms with Crippen molar-refractivity contribution in [1.29, 1.82) is 0 Å². The zero-order chi connectivity index (χ0) is 39.4. The van der Waals surface area contributed by atoms with Crippen LogP contribution in [0.3, 0.4) is 0 Å². The molecule has 0 aromatic rings. The van der Waals surface area contributed by atoms with E-state index in [1.807, 2.05) is 20.8 Å². The van der Waals surface area contributed by atoms with E-state index in [0.717, 1.165) is 21.0 Å². The summed E-state index contributed by atoms with van der Waals surface area (Å²) in [6.45, 7) is 13.5. The molecule has 2 heterocycles. The van der Waals surface area contributed by atoms with Gasteiger partial charge in [-0.15, -0.1) is 0 Å². The van der Waals surface area contributed by atoms with Gasteiger partial charge in [0.25, 0.3) is 0 Å². The van der Waals surface area contributed by atoms with Crippen molar-refractivity contribution in [1.82, 2.24) is 0 Å². The largest absolute Gasteiger partial charge is 0.467 e. The highest BCUT2D eigenvalue weighted by molar-refractivity contribution is 6.01. The summed E-state index contributed by atoms with van der Waals surface area (Å²) in [5, 5.41) is 13.4. The molecule has 1 N–H and O–H groups in total. The number of allylic oxidation sites excluding steroid dienone is 1. The summed E-state index contributed by atoms with van der Waals surface area (Å²) in [7, 11) is 1.11. The summed E-state index contributed by atoms with van der Waals surface area (Å²) >= 11 is 0. The van der Waals surface area contributed by atoms with Gasteiger partial charge in [0.15, 0.2) is 18.0 Å². The van der Waals surface area contributed by atoms with Crippen LogP contribution in [-0.4, -0.2) is 102 Å². The SMILES string of the molecule is COC(=O)C12OC1C(=O)CC1(O)C3CCC4(C)C(C(OC(C)=O)C(OC(C)=O)C5(C(C)C)COC(=O)C=CC45)C3(C)C(OC(C)=O)C(OC(C)=O)C12C. The summed E-state index contributed by atoms with van der Waals surface area (Å²) < 4.78 is 41.6. The lowest BCUT2D eigenvalue weighted by Gasteiger charge is -2.74. The van der Waals surface area contributed by atoms with Crippen molar-refractivity contribution in [3.8, 4) is 0 Å². The Balaban J connectivity index is 1.72. The third kappa shape index (κ3) is 4.87. The molecule has 6 aliphatic rings. The first-order chi connectivity index (χ1) is 24.5. The molecule has 6 rings (SSSR count). The number of hydrogen-bond acceptors (Lipinski definition) is 15. The van der Waals surface area contributed by atoms with Crippen molar-refractivity contribution >= 4 is 41.6 Å². The molecule has 15 heteroatoms. The van der Waals surface area contributed by atoms with E-state index in [0.29, 0.717) is 0 Å². The van der Waals surface area contributed by atoms with Crippen LogP contribution in [0.2, 0.25) is 0 Å². The maximum Gasteiger partial charge on any atom is 0.342 e. The van der Waals surface area contributed by atoms with Crippen LogP contribution in [-0.2, 0) is 66.7 Å². The van der Waals surface area contributed by atoms with Crippen molar-refractivity contribution in [3.05, 3.63) is 12.2 Å². The first kappa shape index (κ1) is 38.9. The maximum absolute atomic E-state index is 13.9. The number of aliphatic hydroxyl groups is 1. The van der Waals surface area contributed by atoms with Crippen LogP contribution in [0, 0.1) is 45.3 Å². The van der Waals surface area contributed by atoms with E-state index in [1.165, 1.54) is 26.8 Å². The van der Waals surface area contributed by atoms with Crippen LogP contribution in [0.1, 0.15) is 81.6 Å². The van der Waals surface area contributed by atoms with E-state index in [-0.39, 0.29) is 25.4 Å². The summed E-state index contributed by atoms with van der Waals surface area (Å²) in [5.41, 5.74) is -9.94. The lowest BCUT2D eigenvalue weighted by molar-refractivity contribution is -0.355. The Morgan fingerprint density at radius 2 is 1.43 bits per heavy atom. The number of carbonyl (C=O) groups excluding carboxylic acids is 7. The highest BCUT2D eigenvalue weighted by Crippen LogP contribution is 2.78. The average Bonchev–Trinajstić information content (AvgIpc) is 3.84. The molecule has 0 aromatic carbocycles. The molecular formula is C38H50O15. The fourth-order valence-electron chi connectivity index (χ4n) is 12.4. The first-order valence-electron chi connectivity index (χ1n) is 18.1. The molecule has 0 amide bonds. The molecule has 4 aliphatic carbocycles. The third-order valence-corrected chi connectivity index (χ3v) is 14.2. The molecule has 292 valence electrons. The van der Waals surface area contributed by atoms with Crippen LogP contribution in [0.4, 0.5) is 0 Å². The zero-order valence-electron chi connectivity index (χ0n) is 31.8. The van der Waals surface area contributed by atoms with E-state index in [9.17, 15) is 38.7 Å². The van der Waals surface area contributed by atoms with Crippen molar-refractivity contribution in [2.24, 2.45) is 45.3 Å². The normalized spacial score (nSPS) is 46.4. The quantitative estimate of drug-likeness (QED) is 0.235. The zero-order valence-corrected chi connectivity index (χ0v) is 31.8. The Morgan fingerprint density at radius 1 is 0.868 bits per heavy atom. The van der Waals surface area contributed by atoms with Gasteiger partial charge in [-0.1, -0.05) is 33.8 Å². The molecular weight excluding hydrogens is 696 g/mol.